The van der Waals surface area contributed by atoms with Gasteiger partial charge in [0.15, 0.2) is 5.16 Å². The third-order valence-corrected chi connectivity index (χ3v) is 5.78. The predicted molar refractivity (Wildman–Crippen MR) is 111 cm³/mol. The highest BCUT2D eigenvalue weighted by Gasteiger charge is 2.33. The van der Waals surface area contributed by atoms with Crippen molar-refractivity contribution in [3.8, 4) is 0 Å². The van der Waals surface area contributed by atoms with Gasteiger partial charge in [0, 0.05) is 19.2 Å². The van der Waals surface area contributed by atoms with Gasteiger partial charge in [0.1, 0.15) is 5.82 Å². The molecule has 2 aromatic carbocycles. The Morgan fingerprint density at radius 2 is 1.90 bits per heavy atom. The van der Waals surface area contributed by atoms with E-state index in [1.165, 1.54) is 17.8 Å². The summed E-state index contributed by atoms with van der Waals surface area (Å²) in [6, 6.07) is 13.0. The monoisotopic (exact) mass is 454 g/mol. The smallest absolute Gasteiger partial charge is 0.325 e. The van der Waals surface area contributed by atoms with E-state index in [-0.39, 0.29) is 5.69 Å². The minimum Gasteiger partial charge on any atom is -0.325 e. The Balaban J connectivity index is 1.67. The first-order chi connectivity index (χ1) is 14.1. The highest BCUT2D eigenvalue weighted by Crippen LogP contribution is 2.36. The fraction of sp³-hybridized carbons (Fsp3) is 0.250. The number of hydrogen-bond acceptors (Lipinski definition) is 4. The van der Waals surface area contributed by atoms with E-state index in [2.05, 4.69) is 15.5 Å². The number of amides is 1. The van der Waals surface area contributed by atoms with Gasteiger partial charge < -0.3 is 9.88 Å². The number of carbonyl (C=O) groups excluding carboxylic acids is 1. The van der Waals surface area contributed by atoms with E-state index in [1.807, 2.05) is 30.3 Å². The van der Waals surface area contributed by atoms with Crippen LogP contribution in [0.15, 0.2) is 53.7 Å². The second-order valence-corrected chi connectivity index (χ2v) is 8.28. The van der Waals surface area contributed by atoms with E-state index in [1.54, 1.807) is 18.5 Å². The van der Waals surface area contributed by atoms with Gasteiger partial charge in [0.25, 0.3) is 0 Å². The molecule has 0 radical (unpaired) electrons. The number of alkyl halides is 3. The highest BCUT2D eigenvalue weighted by atomic mass is 35.5. The van der Waals surface area contributed by atoms with Gasteiger partial charge in [-0.2, -0.15) is 13.2 Å². The van der Waals surface area contributed by atoms with Gasteiger partial charge in [0.05, 0.1) is 15.8 Å². The zero-order valence-electron chi connectivity index (χ0n) is 16.1. The lowest BCUT2D eigenvalue weighted by molar-refractivity contribution is -0.137. The van der Waals surface area contributed by atoms with Crippen molar-refractivity contribution in [1.29, 1.82) is 0 Å². The molecule has 158 valence electrons. The maximum atomic E-state index is 13.0. The highest BCUT2D eigenvalue weighted by molar-refractivity contribution is 8.00. The Morgan fingerprint density at radius 3 is 2.57 bits per heavy atom. The topological polar surface area (TPSA) is 59.8 Å². The van der Waals surface area contributed by atoms with Crippen LogP contribution in [0.2, 0.25) is 5.02 Å². The molecule has 0 fully saturated rings. The zero-order chi connectivity index (χ0) is 21.9. The van der Waals surface area contributed by atoms with Crippen molar-refractivity contribution < 1.29 is 18.0 Å². The molecule has 1 unspecified atom stereocenters. The van der Waals surface area contributed by atoms with Crippen LogP contribution in [0.25, 0.3) is 0 Å². The number of halogens is 4. The Hall–Kier alpha value is -2.52. The first kappa shape index (κ1) is 22.2. The molecule has 1 atom stereocenters. The molecule has 1 N–H and O–H groups in total. The molecule has 0 aliphatic carbocycles. The van der Waals surface area contributed by atoms with E-state index in [0.717, 1.165) is 23.5 Å². The normalized spacial score (nSPS) is 12.6. The predicted octanol–water partition coefficient (Wildman–Crippen LogP) is 5.20. The van der Waals surface area contributed by atoms with Gasteiger partial charge in [-0.25, -0.2) is 0 Å². The largest absolute Gasteiger partial charge is 0.417 e. The first-order valence-electron chi connectivity index (χ1n) is 8.91. The molecular formula is C20H18ClF3N4OS. The molecule has 3 aromatic rings. The molecule has 0 aliphatic heterocycles. The molecule has 3 rings (SSSR count). The lowest BCUT2D eigenvalue weighted by Gasteiger charge is -2.14. The summed E-state index contributed by atoms with van der Waals surface area (Å²) < 4.78 is 40.8. The Morgan fingerprint density at radius 1 is 1.20 bits per heavy atom. The van der Waals surface area contributed by atoms with Crippen molar-refractivity contribution in [2.75, 3.05) is 5.32 Å². The maximum absolute atomic E-state index is 13.0. The van der Waals surface area contributed by atoms with Gasteiger partial charge >= 0.3 is 6.18 Å². The van der Waals surface area contributed by atoms with Crippen molar-refractivity contribution in [1.82, 2.24) is 14.8 Å². The number of aromatic nitrogens is 3. The van der Waals surface area contributed by atoms with E-state index in [9.17, 15) is 18.0 Å². The van der Waals surface area contributed by atoms with Crippen molar-refractivity contribution in [2.24, 2.45) is 7.05 Å². The summed E-state index contributed by atoms with van der Waals surface area (Å²) in [5, 5.41) is 10.3. The van der Waals surface area contributed by atoms with Crippen LogP contribution in [0, 0.1) is 0 Å². The van der Waals surface area contributed by atoms with Crippen LogP contribution in [0.5, 0.6) is 0 Å². The summed E-state index contributed by atoms with van der Waals surface area (Å²) in [5.41, 5.74) is 0.103. The fourth-order valence-electron chi connectivity index (χ4n) is 2.66. The molecule has 0 saturated carbocycles. The third kappa shape index (κ3) is 5.34. The number of nitrogens with one attached hydrogen (secondary N) is 1. The van der Waals surface area contributed by atoms with Crippen molar-refractivity contribution in [3.63, 3.8) is 0 Å². The molecule has 0 bridgehead atoms. The van der Waals surface area contributed by atoms with Crippen LogP contribution in [0.3, 0.4) is 0 Å². The third-order valence-electron chi connectivity index (χ3n) is 4.32. The number of carbonyl (C=O) groups is 1. The summed E-state index contributed by atoms with van der Waals surface area (Å²) >= 11 is 6.78. The average Bonchev–Trinajstić information content (AvgIpc) is 3.02. The van der Waals surface area contributed by atoms with Crippen molar-refractivity contribution in [3.05, 3.63) is 70.5 Å². The Labute approximate surface area is 180 Å². The Kier molecular flexibility index (Phi) is 6.72. The van der Waals surface area contributed by atoms with Crippen LogP contribution >= 0.6 is 23.4 Å². The molecule has 1 heterocycles. The number of anilines is 1. The van der Waals surface area contributed by atoms with Crippen molar-refractivity contribution >= 4 is 35.0 Å². The van der Waals surface area contributed by atoms with Gasteiger partial charge in [-0.05, 0) is 30.7 Å². The first-order valence-corrected chi connectivity index (χ1v) is 10.2. The van der Waals surface area contributed by atoms with Crippen LogP contribution < -0.4 is 5.32 Å². The average molecular weight is 455 g/mol. The molecule has 0 saturated heterocycles. The summed E-state index contributed by atoms with van der Waals surface area (Å²) in [5.74, 6) is 0.284. The summed E-state index contributed by atoms with van der Waals surface area (Å²) in [7, 11) is 1.81. The maximum Gasteiger partial charge on any atom is 0.417 e. The Bertz CT molecular complexity index is 1040. The lowest BCUT2D eigenvalue weighted by atomic mass is 10.1. The molecular weight excluding hydrogens is 437 g/mol. The second kappa shape index (κ2) is 9.09. The number of nitrogens with zero attached hydrogens (tertiary/aromatic N) is 3. The van der Waals surface area contributed by atoms with E-state index in [4.69, 9.17) is 11.6 Å². The van der Waals surface area contributed by atoms with Gasteiger partial charge in [-0.1, -0.05) is 53.7 Å². The number of rotatable bonds is 6. The van der Waals surface area contributed by atoms with Gasteiger partial charge in [-0.3, -0.25) is 4.79 Å². The van der Waals surface area contributed by atoms with E-state index in [0.29, 0.717) is 11.6 Å². The molecule has 0 aliphatic rings. The van der Waals surface area contributed by atoms with Crippen LogP contribution in [0.1, 0.15) is 23.9 Å². The lowest BCUT2D eigenvalue weighted by Crippen LogP contribution is -2.23. The summed E-state index contributed by atoms with van der Waals surface area (Å²) in [4.78, 5) is 12.5. The number of benzene rings is 2. The van der Waals surface area contributed by atoms with E-state index < -0.39 is 27.9 Å². The number of hydrogen-bond donors (Lipinski definition) is 1. The minimum atomic E-state index is -4.61. The standard InChI is InChI=1S/C20H18ClF3N4OS/c1-12(18(29)25-14-8-9-16(21)15(11-14)20(22,23)24)30-19-27-26-17(28(19)2)10-13-6-4-3-5-7-13/h3-9,11-12H,10H2,1-2H3,(H,25,29). The molecule has 1 aromatic heterocycles. The molecule has 10 heteroatoms. The van der Waals surface area contributed by atoms with Crippen LogP contribution in [-0.2, 0) is 24.4 Å². The van der Waals surface area contributed by atoms with E-state index >= 15 is 0 Å². The van der Waals surface area contributed by atoms with Crippen molar-refractivity contribution in [2.45, 2.75) is 29.9 Å². The molecule has 1 amide bonds. The van der Waals surface area contributed by atoms with Crippen LogP contribution in [0.4, 0.5) is 18.9 Å². The minimum absolute atomic E-state index is 0.0203. The molecule has 0 spiro atoms. The zero-order valence-corrected chi connectivity index (χ0v) is 17.6. The van der Waals surface area contributed by atoms with Crippen LogP contribution in [-0.4, -0.2) is 25.9 Å². The fourth-order valence-corrected chi connectivity index (χ4v) is 3.71. The number of thioether (sulfide) groups is 1. The van der Waals surface area contributed by atoms with Gasteiger partial charge in [-0.15, -0.1) is 10.2 Å². The quantitative estimate of drug-likeness (QED) is 0.520. The molecule has 5 nitrogen and oxygen atoms in total. The summed E-state index contributed by atoms with van der Waals surface area (Å²) in [6.45, 7) is 1.64. The van der Waals surface area contributed by atoms with Gasteiger partial charge in [0.2, 0.25) is 5.91 Å². The molecule has 30 heavy (non-hydrogen) atoms. The summed E-state index contributed by atoms with van der Waals surface area (Å²) in [6.07, 6.45) is -4.01. The SMILES string of the molecule is CC(Sc1nnc(Cc2ccccc2)n1C)C(=O)Nc1ccc(Cl)c(C(F)(F)F)c1. The second-order valence-electron chi connectivity index (χ2n) is 6.56.